The Morgan fingerprint density at radius 1 is 0.889 bits per heavy atom. The Morgan fingerprint density at radius 2 is 1.69 bits per heavy atom. The van der Waals surface area contributed by atoms with Crippen LogP contribution in [0.25, 0.3) is 0 Å². The summed E-state index contributed by atoms with van der Waals surface area (Å²) >= 11 is 5.82. The average Bonchev–Trinajstić information content (AvgIpc) is 3.19. The van der Waals surface area contributed by atoms with Crippen LogP contribution in [-0.4, -0.2) is 18.0 Å². The predicted molar refractivity (Wildman–Crippen MR) is 152 cm³/mol. The van der Waals surface area contributed by atoms with Crippen LogP contribution < -0.4 is 0 Å². The van der Waals surface area contributed by atoms with Crippen molar-refractivity contribution in [2.75, 3.05) is 5.88 Å². The van der Waals surface area contributed by atoms with Gasteiger partial charge in [0.05, 0.1) is 0 Å². The molecule has 9 atom stereocenters. The van der Waals surface area contributed by atoms with Gasteiger partial charge in [0.15, 0.2) is 0 Å². The van der Waals surface area contributed by atoms with E-state index in [1.165, 1.54) is 70.6 Å². The van der Waals surface area contributed by atoms with E-state index in [0.29, 0.717) is 17.7 Å². The molecule has 0 amide bonds. The number of esters is 1. The maximum atomic E-state index is 12.9. The number of ether oxygens (including phenoxy) is 1. The fraction of sp³-hybridized carbons (Fsp3) is 0.970. The Labute approximate surface area is 228 Å². The van der Waals surface area contributed by atoms with Gasteiger partial charge in [-0.3, -0.25) is 4.79 Å². The Hall–Kier alpha value is -0.240. The van der Waals surface area contributed by atoms with Gasteiger partial charge in [-0.15, -0.1) is 11.6 Å². The van der Waals surface area contributed by atoms with Crippen LogP contribution >= 0.6 is 11.6 Å². The fourth-order valence-corrected chi connectivity index (χ4v) is 10.4. The highest BCUT2D eigenvalue weighted by molar-refractivity contribution is 6.17. The number of fused-ring (bicyclic) bond motifs is 5. The summed E-state index contributed by atoms with van der Waals surface area (Å²) in [6, 6.07) is 0. The van der Waals surface area contributed by atoms with Crippen LogP contribution in [0, 0.1) is 52.3 Å². The topological polar surface area (TPSA) is 26.3 Å². The van der Waals surface area contributed by atoms with E-state index < -0.39 is 0 Å². The second kappa shape index (κ2) is 12.3. The standard InChI is InChI=1S/C33H57ClO2/c1-23(2)11-9-12-24(3)27-18-19-28-26-17-16-25-13-10-14-30(36-31(35)15-7-6-8-22-34)33(25,5)29(26)20-21-32(27,28)4/h23-30H,6-22H2,1-5H3/t24-,25+,26+,27-,28-,29-,30?,32+,33-/m0/s1. The molecular weight excluding hydrogens is 464 g/mol. The number of carbonyl (C=O) groups excluding carboxylic acids is 1. The molecule has 4 saturated carbocycles. The van der Waals surface area contributed by atoms with Crippen LogP contribution in [0.1, 0.15) is 137 Å². The molecule has 36 heavy (non-hydrogen) atoms. The zero-order valence-corrected chi connectivity index (χ0v) is 25.1. The summed E-state index contributed by atoms with van der Waals surface area (Å²) < 4.78 is 6.38. The molecule has 4 aliphatic carbocycles. The number of alkyl halides is 1. The van der Waals surface area contributed by atoms with Crippen LogP contribution in [0.2, 0.25) is 0 Å². The van der Waals surface area contributed by atoms with Gasteiger partial charge < -0.3 is 4.74 Å². The highest BCUT2D eigenvalue weighted by Gasteiger charge is 2.62. The van der Waals surface area contributed by atoms with Crippen LogP contribution in [0.3, 0.4) is 0 Å². The molecular formula is C33H57ClO2. The maximum absolute atomic E-state index is 12.9. The van der Waals surface area contributed by atoms with Gasteiger partial charge in [0.25, 0.3) is 0 Å². The minimum Gasteiger partial charge on any atom is -0.462 e. The van der Waals surface area contributed by atoms with Gasteiger partial charge in [0.1, 0.15) is 6.10 Å². The number of halogens is 1. The number of carbonyl (C=O) groups is 1. The van der Waals surface area contributed by atoms with E-state index >= 15 is 0 Å². The van der Waals surface area contributed by atoms with E-state index in [1.54, 1.807) is 0 Å². The first-order valence-corrected chi connectivity index (χ1v) is 16.5. The average molecular weight is 521 g/mol. The van der Waals surface area contributed by atoms with Gasteiger partial charge in [-0.25, -0.2) is 0 Å². The van der Waals surface area contributed by atoms with Crippen molar-refractivity contribution in [3.63, 3.8) is 0 Å². The van der Waals surface area contributed by atoms with E-state index in [9.17, 15) is 4.79 Å². The lowest BCUT2D eigenvalue weighted by atomic mass is 9.44. The van der Waals surface area contributed by atoms with Crippen molar-refractivity contribution in [2.45, 2.75) is 143 Å². The molecule has 0 radical (unpaired) electrons. The second-order valence-corrected chi connectivity index (χ2v) is 14.8. The maximum Gasteiger partial charge on any atom is 0.306 e. The first-order valence-electron chi connectivity index (χ1n) is 16.0. The summed E-state index contributed by atoms with van der Waals surface area (Å²) in [7, 11) is 0. The minimum atomic E-state index is 0.0513. The summed E-state index contributed by atoms with van der Waals surface area (Å²) in [4.78, 5) is 12.9. The predicted octanol–water partition coefficient (Wildman–Crippen LogP) is 9.82. The van der Waals surface area contributed by atoms with Crippen molar-refractivity contribution in [1.82, 2.24) is 0 Å². The van der Waals surface area contributed by atoms with Crippen molar-refractivity contribution in [1.29, 1.82) is 0 Å². The largest absolute Gasteiger partial charge is 0.462 e. The molecule has 0 bridgehead atoms. The summed E-state index contributed by atoms with van der Waals surface area (Å²) in [5, 5.41) is 0. The quantitative estimate of drug-likeness (QED) is 0.154. The lowest BCUT2D eigenvalue weighted by Gasteiger charge is -2.62. The molecule has 0 saturated heterocycles. The number of hydrogen-bond acceptors (Lipinski definition) is 2. The smallest absolute Gasteiger partial charge is 0.306 e. The molecule has 0 aromatic carbocycles. The zero-order chi connectivity index (χ0) is 25.9. The van der Waals surface area contributed by atoms with Crippen molar-refractivity contribution in [3.05, 3.63) is 0 Å². The molecule has 4 fully saturated rings. The highest BCUT2D eigenvalue weighted by atomic mass is 35.5. The van der Waals surface area contributed by atoms with Crippen molar-refractivity contribution < 1.29 is 9.53 Å². The molecule has 0 heterocycles. The monoisotopic (exact) mass is 520 g/mol. The van der Waals surface area contributed by atoms with Gasteiger partial charge in [-0.1, -0.05) is 60.3 Å². The summed E-state index contributed by atoms with van der Waals surface area (Å²) in [6.07, 6.45) is 20.0. The zero-order valence-electron chi connectivity index (χ0n) is 24.3. The summed E-state index contributed by atoms with van der Waals surface area (Å²) in [6.45, 7) is 12.6. The van der Waals surface area contributed by atoms with Gasteiger partial charge in [-0.2, -0.15) is 0 Å². The normalized spacial score (nSPS) is 40.9. The Morgan fingerprint density at radius 3 is 2.44 bits per heavy atom. The lowest BCUT2D eigenvalue weighted by molar-refractivity contribution is -0.192. The third-order valence-electron chi connectivity index (χ3n) is 12.2. The molecule has 208 valence electrons. The van der Waals surface area contributed by atoms with Crippen LogP contribution in [0.5, 0.6) is 0 Å². The Balaban J connectivity index is 1.44. The summed E-state index contributed by atoms with van der Waals surface area (Å²) in [5.74, 6) is 6.59. The molecule has 4 aliphatic rings. The number of hydrogen-bond donors (Lipinski definition) is 0. The molecule has 2 nitrogen and oxygen atoms in total. The first-order chi connectivity index (χ1) is 17.2. The molecule has 0 spiro atoms. The Bertz CT molecular complexity index is 720. The number of unbranched alkanes of at least 4 members (excludes halogenated alkanes) is 2. The highest BCUT2D eigenvalue weighted by Crippen LogP contribution is 2.68. The molecule has 0 aromatic rings. The van der Waals surface area contributed by atoms with Crippen LogP contribution in [-0.2, 0) is 9.53 Å². The minimum absolute atomic E-state index is 0.0513. The van der Waals surface area contributed by atoms with Crippen LogP contribution in [0.15, 0.2) is 0 Å². The van der Waals surface area contributed by atoms with Gasteiger partial charge in [0, 0.05) is 17.7 Å². The third kappa shape index (κ3) is 5.70. The van der Waals surface area contributed by atoms with E-state index in [2.05, 4.69) is 34.6 Å². The van der Waals surface area contributed by atoms with Crippen molar-refractivity contribution >= 4 is 17.6 Å². The number of rotatable bonds is 11. The SMILES string of the molecule is CC(C)CCC[C@H](C)[C@@H]1CC[C@H]2[C@H]3CC[C@H]4CCCC(OC(=O)CCCCCCl)[C@]4(C)[C@H]3CC[C@@]21C. The molecule has 4 rings (SSSR count). The van der Waals surface area contributed by atoms with Crippen molar-refractivity contribution in [3.8, 4) is 0 Å². The fourth-order valence-electron chi connectivity index (χ4n) is 10.3. The van der Waals surface area contributed by atoms with E-state index in [4.69, 9.17) is 16.3 Å². The first kappa shape index (κ1) is 28.8. The van der Waals surface area contributed by atoms with E-state index in [0.717, 1.165) is 67.1 Å². The molecule has 0 aliphatic heterocycles. The van der Waals surface area contributed by atoms with Gasteiger partial charge >= 0.3 is 5.97 Å². The van der Waals surface area contributed by atoms with Crippen molar-refractivity contribution in [2.24, 2.45) is 52.3 Å². The van der Waals surface area contributed by atoms with E-state index in [-0.39, 0.29) is 17.5 Å². The Kier molecular flexibility index (Phi) is 9.82. The molecule has 0 N–H and O–H groups in total. The van der Waals surface area contributed by atoms with Crippen LogP contribution in [0.4, 0.5) is 0 Å². The molecule has 1 unspecified atom stereocenters. The third-order valence-corrected chi connectivity index (χ3v) is 12.4. The van der Waals surface area contributed by atoms with Gasteiger partial charge in [-0.05, 0) is 117 Å². The molecule has 3 heteroatoms. The van der Waals surface area contributed by atoms with Gasteiger partial charge in [0.2, 0.25) is 0 Å². The second-order valence-electron chi connectivity index (χ2n) is 14.5. The summed E-state index contributed by atoms with van der Waals surface area (Å²) in [5.41, 5.74) is 0.722. The molecule has 0 aromatic heterocycles. The lowest BCUT2D eigenvalue weighted by Crippen LogP contribution is -2.58. The van der Waals surface area contributed by atoms with E-state index in [1.807, 2.05) is 0 Å².